The van der Waals surface area contributed by atoms with E-state index in [1.807, 2.05) is 6.92 Å². The van der Waals surface area contributed by atoms with Gasteiger partial charge in [-0.2, -0.15) is 0 Å². The van der Waals surface area contributed by atoms with Gasteiger partial charge in [0, 0.05) is 0 Å². The molecule has 0 radical (unpaired) electrons. The van der Waals surface area contributed by atoms with Crippen LogP contribution in [0.4, 0.5) is 0 Å². The van der Waals surface area contributed by atoms with Crippen molar-refractivity contribution in [1.82, 2.24) is 0 Å². The van der Waals surface area contributed by atoms with Crippen LogP contribution in [-0.4, -0.2) is 57.4 Å². The summed E-state index contributed by atoms with van der Waals surface area (Å²) in [7, 11) is 0. The number of carbonyl (C=O) groups is 1. The summed E-state index contributed by atoms with van der Waals surface area (Å²) in [5, 5.41) is 42.9. The number of carbonyl (C=O) groups excluding carboxylic acids is 1. The number of ether oxygens (including phenoxy) is 1. The van der Waals surface area contributed by atoms with Gasteiger partial charge in [-0.25, -0.2) is 0 Å². The minimum Gasteiger partial charge on any atom is -0.465 e. The molecule has 0 aromatic rings. The normalized spacial score (nSPS) is 48.1. The van der Waals surface area contributed by atoms with Gasteiger partial charge in [-0.15, -0.1) is 0 Å². The molecule has 6 nitrogen and oxygen atoms in total. The van der Waals surface area contributed by atoms with E-state index in [9.17, 15) is 25.2 Å². The predicted octanol–water partition coefficient (Wildman–Crippen LogP) is 3.39. The van der Waals surface area contributed by atoms with Crippen LogP contribution in [0.15, 0.2) is 0 Å². The maximum Gasteiger partial charge on any atom is 0.309 e. The van der Waals surface area contributed by atoms with Gasteiger partial charge in [0.25, 0.3) is 0 Å². The van der Waals surface area contributed by atoms with Gasteiger partial charge in [-0.3, -0.25) is 4.79 Å². The summed E-state index contributed by atoms with van der Waals surface area (Å²) in [5.41, 5.74) is -0.345. The lowest BCUT2D eigenvalue weighted by Crippen LogP contribution is -2.55. The zero-order valence-electron chi connectivity index (χ0n) is 22.0. The number of esters is 1. The Bertz CT molecular complexity index is 755. The van der Waals surface area contributed by atoms with Crippen LogP contribution in [0.5, 0.6) is 0 Å². The quantitative estimate of drug-likeness (QED) is 0.450. The van der Waals surface area contributed by atoms with Crippen molar-refractivity contribution in [2.24, 2.45) is 58.2 Å². The van der Waals surface area contributed by atoms with Crippen LogP contribution < -0.4 is 0 Å². The fourth-order valence-corrected chi connectivity index (χ4v) is 8.95. The first-order chi connectivity index (χ1) is 15.8. The number of hydrogen-bond donors (Lipinski definition) is 4. The Morgan fingerprint density at radius 1 is 0.912 bits per heavy atom. The third-order valence-corrected chi connectivity index (χ3v) is 11.5. The lowest BCUT2D eigenvalue weighted by Gasteiger charge is -2.56. The Hall–Kier alpha value is -0.690. The second kappa shape index (κ2) is 9.32. The first-order valence-electron chi connectivity index (χ1n) is 13.7. The maximum atomic E-state index is 13.0. The highest BCUT2D eigenvalue weighted by molar-refractivity contribution is 5.74. The van der Waals surface area contributed by atoms with Crippen LogP contribution in [0, 0.1) is 58.2 Å². The molecule has 0 bridgehead atoms. The molecule has 1 saturated heterocycles. The van der Waals surface area contributed by atoms with Crippen LogP contribution in [0.25, 0.3) is 0 Å². The van der Waals surface area contributed by atoms with Gasteiger partial charge < -0.3 is 25.2 Å². The molecule has 4 fully saturated rings. The molecule has 0 aromatic heterocycles. The Balaban J connectivity index is 1.58. The molecule has 4 rings (SSSR count). The van der Waals surface area contributed by atoms with E-state index in [1.165, 1.54) is 0 Å². The monoisotopic (exact) mass is 480 g/mol. The Kier molecular flexibility index (Phi) is 7.23. The third kappa shape index (κ3) is 4.05. The van der Waals surface area contributed by atoms with Gasteiger partial charge in [0.05, 0.1) is 36.9 Å². The number of aliphatic hydroxyl groups is 4. The minimum absolute atomic E-state index is 0.00827. The molecule has 0 aromatic carbocycles. The van der Waals surface area contributed by atoms with Crippen LogP contribution in [0.2, 0.25) is 0 Å². The molecule has 0 amide bonds. The van der Waals surface area contributed by atoms with Crippen molar-refractivity contribution >= 4 is 5.97 Å². The molecule has 6 heteroatoms. The van der Waals surface area contributed by atoms with Crippen molar-refractivity contribution in [2.45, 2.75) is 104 Å². The molecule has 34 heavy (non-hydrogen) atoms. The molecule has 1 heterocycles. The number of aliphatic hydroxyl groups excluding tert-OH is 4. The minimum atomic E-state index is -0.867. The smallest absolute Gasteiger partial charge is 0.309 e. The van der Waals surface area contributed by atoms with Crippen molar-refractivity contribution in [1.29, 1.82) is 0 Å². The summed E-state index contributed by atoms with van der Waals surface area (Å²) >= 11 is 0. The van der Waals surface area contributed by atoms with Crippen LogP contribution in [0.3, 0.4) is 0 Å². The van der Waals surface area contributed by atoms with E-state index in [0.29, 0.717) is 30.8 Å². The maximum absolute atomic E-state index is 13.0. The zero-order valence-corrected chi connectivity index (χ0v) is 22.0. The van der Waals surface area contributed by atoms with Crippen molar-refractivity contribution in [3.05, 3.63) is 0 Å². The largest absolute Gasteiger partial charge is 0.465 e. The van der Waals surface area contributed by atoms with Gasteiger partial charge in [-0.1, -0.05) is 41.5 Å². The molecule has 4 aliphatic rings. The Morgan fingerprint density at radius 2 is 1.56 bits per heavy atom. The highest BCUT2D eigenvalue weighted by Gasteiger charge is 2.63. The molecule has 3 aliphatic carbocycles. The molecule has 3 saturated carbocycles. The van der Waals surface area contributed by atoms with Gasteiger partial charge in [0.15, 0.2) is 0 Å². The van der Waals surface area contributed by atoms with E-state index in [1.54, 1.807) is 0 Å². The fourth-order valence-electron chi connectivity index (χ4n) is 8.95. The summed E-state index contributed by atoms with van der Waals surface area (Å²) in [6.07, 6.45) is 1.61. The topological polar surface area (TPSA) is 107 Å². The third-order valence-electron chi connectivity index (χ3n) is 11.5. The summed E-state index contributed by atoms with van der Waals surface area (Å²) in [5.74, 6) is 0.948. The zero-order chi connectivity index (χ0) is 25.2. The van der Waals surface area contributed by atoms with E-state index >= 15 is 0 Å². The summed E-state index contributed by atoms with van der Waals surface area (Å²) in [6.45, 7) is 13.2. The van der Waals surface area contributed by atoms with Gasteiger partial charge in [0.2, 0.25) is 0 Å². The SMILES string of the molecule is CC(C)[C@@H](C)[C@@H](O)[C@H](O)[C@@H](C)[C@@H]1CC[C@@H]2[C@@H]3COC(=O)[C@H]4C[C@H](O)[C@H](O)C[C@]4(C)[C@H]3CC[C@@]21C. The molecular formula is C28H48O6. The van der Waals surface area contributed by atoms with Crippen molar-refractivity contribution in [3.63, 3.8) is 0 Å². The standard InChI is InChI=1S/C28H48O6/c1-14(2)15(3)24(31)25(32)16(4)18-7-8-19-17-13-34-26(33)21-11-22(29)23(30)12-28(21,6)20(17)9-10-27(18,19)5/h14-25,29-32H,7-13H2,1-6H3/t15-,16+,17+,18+,19-,20+,21-,22+,23-,24-,25-,27-,28-/m1/s1. The Labute approximate surface area is 205 Å². The van der Waals surface area contributed by atoms with Crippen molar-refractivity contribution in [2.75, 3.05) is 6.61 Å². The summed E-state index contributed by atoms with van der Waals surface area (Å²) < 4.78 is 5.86. The number of cyclic esters (lactones) is 1. The van der Waals surface area contributed by atoms with Crippen molar-refractivity contribution in [3.8, 4) is 0 Å². The molecule has 0 unspecified atom stereocenters. The molecule has 0 spiro atoms. The predicted molar refractivity (Wildman–Crippen MR) is 130 cm³/mol. The lowest BCUT2D eigenvalue weighted by molar-refractivity contribution is -0.162. The van der Waals surface area contributed by atoms with E-state index in [-0.39, 0.29) is 52.8 Å². The molecule has 1 aliphatic heterocycles. The summed E-state index contributed by atoms with van der Waals surface area (Å²) in [4.78, 5) is 13.0. The van der Waals surface area contributed by atoms with Gasteiger partial charge in [-0.05, 0) is 90.8 Å². The first kappa shape index (κ1) is 26.4. The molecular weight excluding hydrogens is 432 g/mol. The van der Waals surface area contributed by atoms with Gasteiger partial charge in [0.1, 0.15) is 0 Å². The van der Waals surface area contributed by atoms with E-state index in [2.05, 4.69) is 34.6 Å². The van der Waals surface area contributed by atoms with E-state index < -0.39 is 24.4 Å². The van der Waals surface area contributed by atoms with Gasteiger partial charge >= 0.3 is 5.97 Å². The highest BCUT2D eigenvalue weighted by atomic mass is 16.5. The average molecular weight is 481 g/mol. The second-order valence-corrected chi connectivity index (χ2v) is 13.3. The van der Waals surface area contributed by atoms with Crippen LogP contribution in [0.1, 0.15) is 80.1 Å². The average Bonchev–Trinajstić information content (AvgIpc) is 3.09. The van der Waals surface area contributed by atoms with Crippen LogP contribution >= 0.6 is 0 Å². The first-order valence-corrected chi connectivity index (χ1v) is 13.7. The number of rotatable bonds is 5. The molecule has 196 valence electrons. The number of fused-ring (bicyclic) bond motifs is 5. The van der Waals surface area contributed by atoms with Crippen molar-refractivity contribution < 1.29 is 30.0 Å². The molecule has 4 N–H and O–H groups in total. The number of hydrogen-bond acceptors (Lipinski definition) is 6. The molecule has 13 atom stereocenters. The highest BCUT2D eigenvalue weighted by Crippen LogP contribution is 2.66. The summed E-state index contributed by atoms with van der Waals surface area (Å²) in [6, 6.07) is 0. The second-order valence-electron chi connectivity index (χ2n) is 13.3. The fraction of sp³-hybridized carbons (Fsp3) is 0.964. The van der Waals surface area contributed by atoms with E-state index in [0.717, 1.165) is 25.7 Å². The van der Waals surface area contributed by atoms with Crippen LogP contribution in [-0.2, 0) is 9.53 Å². The van der Waals surface area contributed by atoms with E-state index in [4.69, 9.17) is 4.74 Å². The lowest BCUT2D eigenvalue weighted by atomic mass is 9.48. The Morgan fingerprint density at radius 3 is 2.21 bits per heavy atom.